The summed E-state index contributed by atoms with van der Waals surface area (Å²) in [7, 11) is 0. The lowest BCUT2D eigenvalue weighted by Crippen LogP contribution is -2.61. The van der Waals surface area contributed by atoms with Crippen LogP contribution in [-0.2, 0) is 35.3 Å². The van der Waals surface area contributed by atoms with Gasteiger partial charge in [0.05, 0.1) is 12.0 Å². The number of allylic oxidation sites excluding steroid dienone is 1. The van der Waals surface area contributed by atoms with Gasteiger partial charge in [-0.3, -0.25) is 24.0 Å². The standard InChI is InChI=1S/C33H39NO9/c1-31-13-11-22(35)15-21(31)7-8-23-24-12-14-33(42,32(24,2)16-25(36)29(23)31)26(37)18-43-28(39)10-9-27(38)34-17-19-3-5-20(6-4-19)30(40)41/h3-6,15,23-24,29,42H,7-14,16-18H2,1-2H3,(H,34,38)(H,40,41)/t23-,24+,29-,31-,32-,33-/m0/s1. The number of hydrogen-bond acceptors (Lipinski definition) is 8. The maximum absolute atomic E-state index is 13.7. The summed E-state index contributed by atoms with van der Waals surface area (Å²) >= 11 is 0. The maximum atomic E-state index is 13.7. The van der Waals surface area contributed by atoms with Gasteiger partial charge in [0.25, 0.3) is 0 Å². The highest BCUT2D eigenvalue weighted by atomic mass is 16.5. The van der Waals surface area contributed by atoms with Crippen molar-refractivity contribution in [2.24, 2.45) is 28.6 Å². The molecule has 0 spiro atoms. The summed E-state index contributed by atoms with van der Waals surface area (Å²) in [5, 5.41) is 23.4. The minimum absolute atomic E-state index is 0.0135. The molecule has 3 fully saturated rings. The molecule has 10 heteroatoms. The number of carbonyl (C=O) groups is 6. The van der Waals surface area contributed by atoms with Gasteiger partial charge in [-0.1, -0.05) is 31.6 Å². The SMILES string of the molecule is C[C@]12CCC(=O)C=C1CC[C@@H]1[C@H]2C(=O)C[C@@]2(C)[C@@H]1CC[C@]2(O)C(=O)COC(=O)CCC(=O)NCc1ccc(C(=O)O)cc1. The molecule has 0 heterocycles. The van der Waals surface area contributed by atoms with Crippen LogP contribution in [0.15, 0.2) is 35.9 Å². The number of ether oxygens (including phenoxy) is 1. The van der Waals surface area contributed by atoms with Gasteiger partial charge in [-0.15, -0.1) is 0 Å². The van der Waals surface area contributed by atoms with E-state index in [4.69, 9.17) is 9.84 Å². The van der Waals surface area contributed by atoms with Crippen LogP contribution in [0.1, 0.15) is 87.6 Å². The van der Waals surface area contributed by atoms with Crippen LogP contribution >= 0.6 is 0 Å². The molecule has 3 N–H and O–H groups in total. The van der Waals surface area contributed by atoms with E-state index < -0.39 is 41.3 Å². The number of hydrogen-bond donors (Lipinski definition) is 3. The molecule has 6 atom stereocenters. The van der Waals surface area contributed by atoms with Crippen LogP contribution in [0.3, 0.4) is 0 Å². The molecule has 10 nitrogen and oxygen atoms in total. The molecular weight excluding hydrogens is 554 g/mol. The number of Topliss-reactive ketones (excluding diaryl/α,β-unsaturated/α-hetero) is 2. The van der Waals surface area contributed by atoms with E-state index in [1.807, 2.05) is 6.92 Å². The Bertz CT molecular complexity index is 1400. The van der Waals surface area contributed by atoms with Crippen LogP contribution in [0.25, 0.3) is 0 Å². The van der Waals surface area contributed by atoms with E-state index in [0.717, 1.165) is 18.4 Å². The Hall–Kier alpha value is -3.66. The molecule has 1 aromatic rings. The number of nitrogens with one attached hydrogen (secondary N) is 1. The monoisotopic (exact) mass is 593 g/mol. The van der Waals surface area contributed by atoms with E-state index >= 15 is 0 Å². The highest BCUT2D eigenvalue weighted by molar-refractivity contribution is 5.95. The zero-order valence-electron chi connectivity index (χ0n) is 24.6. The summed E-state index contributed by atoms with van der Waals surface area (Å²) in [5.41, 5.74) is -1.25. The predicted molar refractivity (Wildman–Crippen MR) is 152 cm³/mol. The molecular formula is C33H39NO9. The Kier molecular flexibility index (Phi) is 8.19. The molecule has 3 saturated carbocycles. The molecule has 0 unspecified atom stereocenters. The molecule has 230 valence electrons. The van der Waals surface area contributed by atoms with Gasteiger partial charge in [0, 0.05) is 37.1 Å². The molecule has 0 radical (unpaired) electrons. The topological polar surface area (TPSA) is 164 Å². The average Bonchev–Trinajstić information content (AvgIpc) is 3.24. The molecule has 4 aliphatic carbocycles. The minimum Gasteiger partial charge on any atom is -0.478 e. The van der Waals surface area contributed by atoms with Crippen LogP contribution in [-0.4, -0.2) is 57.6 Å². The van der Waals surface area contributed by atoms with Crippen molar-refractivity contribution in [3.05, 3.63) is 47.0 Å². The largest absolute Gasteiger partial charge is 0.478 e. The molecule has 4 aliphatic rings. The van der Waals surface area contributed by atoms with E-state index in [1.54, 1.807) is 18.2 Å². The fraction of sp³-hybridized carbons (Fsp3) is 0.576. The van der Waals surface area contributed by atoms with Gasteiger partial charge in [0.1, 0.15) is 11.4 Å². The number of esters is 1. The van der Waals surface area contributed by atoms with Crippen molar-refractivity contribution in [1.29, 1.82) is 0 Å². The van der Waals surface area contributed by atoms with E-state index in [-0.39, 0.29) is 72.5 Å². The molecule has 43 heavy (non-hydrogen) atoms. The fourth-order valence-electron chi connectivity index (χ4n) is 8.45. The Balaban J connectivity index is 1.14. The minimum atomic E-state index is -1.80. The van der Waals surface area contributed by atoms with Crippen LogP contribution in [0.4, 0.5) is 0 Å². The quantitative estimate of drug-likeness (QED) is 0.364. The highest BCUT2D eigenvalue weighted by Crippen LogP contribution is 2.66. The Morgan fingerprint density at radius 1 is 1.00 bits per heavy atom. The lowest BCUT2D eigenvalue weighted by Gasteiger charge is -2.57. The van der Waals surface area contributed by atoms with Crippen LogP contribution in [0.5, 0.6) is 0 Å². The second-order valence-corrected chi connectivity index (χ2v) is 13.2. The van der Waals surface area contributed by atoms with Crippen molar-refractivity contribution in [3.63, 3.8) is 0 Å². The third kappa shape index (κ3) is 5.46. The third-order valence-corrected chi connectivity index (χ3v) is 10.9. The molecule has 0 aliphatic heterocycles. The average molecular weight is 594 g/mol. The zero-order valence-corrected chi connectivity index (χ0v) is 24.6. The maximum Gasteiger partial charge on any atom is 0.335 e. The van der Waals surface area contributed by atoms with Gasteiger partial charge < -0.3 is 20.3 Å². The van der Waals surface area contributed by atoms with Crippen molar-refractivity contribution in [1.82, 2.24) is 5.32 Å². The van der Waals surface area contributed by atoms with Gasteiger partial charge in [0.15, 0.2) is 12.4 Å². The predicted octanol–water partition coefficient (Wildman–Crippen LogP) is 3.34. The molecule has 0 aromatic heterocycles. The number of ketones is 3. The van der Waals surface area contributed by atoms with Gasteiger partial charge in [-0.05, 0) is 73.1 Å². The molecule has 5 rings (SSSR count). The zero-order chi connectivity index (χ0) is 31.2. The van der Waals surface area contributed by atoms with Gasteiger partial charge in [0.2, 0.25) is 11.7 Å². The molecule has 0 saturated heterocycles. The number of carboxylic acids is 1. The van der Waals surface area contributed by atoms with Crippen molar-refractivity contribution in [3.8, 4) is 0 Å². The Labute approximate surface area is 250 Å². The Morgan fingerprint density at radius 3 is 2.42 bits per heavy atom. The van der Waals surface area contributed by atoms with E-state index in [0.29, 0.717) is 24.8 Å². The van der Waals surface area contributed by atoms with Crippen molar-refractivity contribution in [2.45, 2.75) is 83.8 Å². The van der Waals surface area contributed by atoms with Crippen LogP contribution in [0, 0.1) is 28.6 Å². The number of rotatable bonds is 9. The number of aromatic carboxylic acids is 1. The number of fused-ring (bicyclic) bond motifs is 5. The van der Waals surface area contributed by atoms with Crippen molar-refractivity contribution in [2.75, 3.05) is 6.61 Å². The second kappa shape index (κ2) is 11.4. The normalized spacial score (nSPS) is 33.0. The summed E-state index contributed by atoms with van der Waals surface area (Å²) in [5.74, 6) is -2.95. The van der Waals surface area contributed by atoms with E-state index in [1.165, 1.54) is 12.1 Å². The molecule has 1 aromatic carbocycles. The lowest BCUT2D eigenvalue weighted by atomic mass is 9.46. The highest BCUT2D eigenvalue weighted by Gasteiger charge is 2.68. The van der Waals surface area contributed by atoms with Crippen molar-refractivity contribution < 1.29 is 43.7 Å². The number of aliphatic hydroxyl groups is 1. The molecule has 0 bridgehead atoms. The first-order valence-electron chi connectivity index (χ1n) is 15.1. The number of amides is 1. The Morgan fingerprint density at radius 2 is 1.72 bits per heavy atom. The van der Waals surface area contributed by atoms with Gasteiger partial charge >= 0.3 is 11.9 Å². The molecule has 1 amide bonds. The van der Waals surface area contributed by atoms with E-state index in [9.17, 15) is 33.9 Å². The smallest absolute Gasteiger partial charge is 0.335 e. The number of carboxylic acid groups (broad SMARTS) is 1. The van der Waals surface area contributed by atoms with Gasteiger partial charge in [-0.25, -0.2) is 4.79 Å². The summed E-state index contributed by atoms with van der Waals surface area (Å²) in [6.07, 6.45) is 4.69. The van der Waals surface area contributed by atoms with Crippen LogP contribution < -0.4 is 5.32 Å². The van der Waals surface area contributed by atoms with Crippen LogP contribution in [0.2, 0.25) is 0 Å². The van der Waals surface area contributed by atoms with Gasteiger partial charge in [-0.2, -0.15) is 0 Å². The summed E-state index contributed by atoms with van der Waals surface area (Å²) in [4.78, 5) is 74.7. The summed E-state index contributed by atoms with van der Waals surface area (Å²) in [6, 6.07) is 6.04. The lowest BCUT2D eigenvalue weighted by molar-refractivity contribution is -0.173. The first kappa shape index (κ1) is 30.8. The number of benzene rings is 1. The van der Waals surface area contributed by atoms with E-state index in [2.05, 4.69) is 12.2 Å². The second-order valence-electron chi connectivity index (χ2n) is 13.2. The third-order valence-electron chi connectivity index (χ3n) is 10.9. The first-order chi connectivity index (χ1) is 20.3. The fourth-order valence-corrected chi connectivity index (χ4v) is 8.45. The first-order valence-corrected chi connectivity index (χ1v) is 15.1. The summed E-state index contributed by atoms with van der Waals surface area (Å²) < 4.78 is 5.18. The van der Waals surface area contributed by atoms with Crippen molar-refractivity contribution >= 4 is 35.2 Å². The summed E-state index contributed by atoms with van der Waals surface area (Å²) in [6.45, 7) is 3.43. The number of carbonyl (C=O) groups excluding carboxylic acids is 5.